The van der Waals surface area contributed by atoms with Gasteiger partial charge in [0, 0.05) is 13.1 Å². The molecule has 3 nitrogen and oxygen atoms in total. The summed E-state index contributed by atoms with van der Waals surface area (Å²) in [5, 5.41) is 6.64. The van der Waals surface area contributed by atoms with E-state index in [1.54, 1.807) is 0 Å². The zero-order valence-corrected chi connectivity index (χ0v) is 13.0. The molecule has 1 saturated heterocycles. The van der Waals surface area contributed by atoms with Crippen LogP contribution in [0.25, 0.3) is 0 Å². The number of aryl methyl sites for hydroxylation is 1. The average Bonchev–Trinajstić information content (AvgIpc) is 2.92. The quantitative estimate of drug-likeness (QED) is 0.892. The van der Waals surface area contributed by atoms with Gasteiger partial charge in [-0.05, 0) is 44.2 Å². The van der Waals surface area contributed by atoms with Crippen LogP contribution in [0.4, 0.5) is 0 Å². The van der Waals surface area contributed by atoms with Crippen molar-refractivity contribution in [2.45, 2.75) is 39.0 Å². The second kappa shape index (κ2) is 6.18. The van der Waals surface area contributed by atoms with Gasteiger partial charge in [-0.25, -0.2) is 0 Å². The minimum absolute atomic E-state index is 0.120. The van der Waals surface area contributed by atoms with E-state index in [0.717, 1.165) is 32.5 Å². The standard InChI is InChI=1S/C18H26N2O/c1-14-5-4-6-15(11-14)8-10-20-17(21)18-9-3-2-7-16(18)12-19-13-18/h4-6,11,16,19H,2-3,7-10,12-13H2,1H3,(H,20,21)/t16-,18+/m0/s1. The van der Waals surface area contributed by atoms with Crippen LogP contribution >= 0.6 is 0 Å². The normalized spacial score (nSPS) is 28.1. The van der Waals surface area contributed by atoms with E-state index < -0.39 is 0 Å². The molecule has 0 aromatic heterocycles. The maximum absolute atomic E-state index is 12.7. The van der Waals surface area contributed by atoms with Crippen molar-refractivity contribution in [1.82, 2.24) is 10.6 Å². The molecule has 2 N–H and O–H groups in total. The Hall–Kier alpha value is -1.35. The van der Waals surface area contributed by atoms with E-state index in [1.807, 2.05) is 0 Å². The summed E-state index contributed by atoms with van der Waals surface area (Å²) >= 11 is 0. The van der Waals surface area contributed by atoms with E-state index in [0.29, 0.717) is 5.92 Å². The number of fused-ring (bicyclic) bond motifs is 1. The Morgan fingerprint density at radius 2 is 2.33 bits per heavy atom. The first-order chi connectivity index (χ1) is 10.2. The van der Waals surface area contributed by atoms with Crippen molar-refractivity contribution in [2.75, 3.05) is 19.6 Å². The van der Waals surface area contributed by atoms with E-state index >= 15 is 0 Å². The Morgan fingerprint density at radius 3 is 3.19 bits per heavy atom. The minimum atomic E-state index is -0.120. The van der Waals surface area contributed by atoms with Crippen molar-refractivity contribution in [3.63, 3.8) is 0 Å². The highest BCUT2D eigenvalue weighted by atomic mass is 16.2. The molecule has 1 aromatic rings. The second-order valence-electron chi connectivity index (χ2n) is 6.72. The molecule has 1 aliphatic heterocycles. The van der Waals surface area contributed by atoms with Gasteiger partial charge in [0.25, 0.3) is 0 Å². The number of benzene rings is 1. The summed E-state index contributed by atoms with van der Waals surface area (Å²) in [4.78, 5) is 12.7. The number of carbonyl (C=O) groups excluding carboxylic acids is 1. The zero-order chi connectivity index (χ0) is 14.7. The third kappa shape index (κ3) is 2.98. The highest BCUT2D eigenvalue weighted by Gasteiger charge is 2.49. The van der Waals surface area contributed by atoms with Gasteiger partial charge < -0.3 is 10.6 Å². The maximum atomic E-state index is 12.7. The molecule has 2 aliphatic rings. The minimum Gasteiger partial charge on any atom is -0.355 e. The fraction of sp³-hybridized carbons (Fsp3) is 0.611. The zero-order valence-electron chi connectivity index (χ0n) is 13.0. The summed E-state index contributed by atoms with van der Waals surface area (Å²) in [5.41, 5.74) is 2.47. The van der Waals surface area contributed by atoms with E-state index in [1.165, 1.54) is 30.4 Å². The van der Waals surface area contributed by atoms with Crippen molar-refractivity contribution >= 4 is 5.91 Å². The summed E-state index contributed by atoms with van der Waals surface area (Å²) in [5.74, 6) is 0.829. The number of nitrogens with one attached hydrogen (secondary N) is 2. The van der Waals surface area contributed by atoms with Gasteiger partial charge in [-0.1, -0.05) is 42.7 Å². The molecule has 0 spiro atoms. The first-order valence-electron chi connectivity index (χ1n) is 8.25. The molecule has 0 bridgehead atoms. The predicted molar refractivity (Wildman–Crippen MR) is 85.2 cm³/mol. The van der Waals surface area contributed by atoms with Crippen molar-refractivity contribution in [2.24, 2.45) is 11.3 Å². The Bertz CT molecular complexity index is 514. The van der Waals surface area contributed by atoms with Gasteiger partial charge in [-0.2, -0.15) is 0 Å². The maximum Gasteiger partial charge on any atom is 0.227 e. The summed E-state index contributed by atoms with van der Waals surface area (Å²) in [7, 11) is 0. The molecule has 2 fully saturated rings. The number of rotatable bonds is 4. The van der Waals surface area contributed by atoms with Gasteiger partial charge in [0.1, 0.15) is 0 Å². The molecule has 1 aliphatic carbocycles. The predicted octanol–water partition coefficient (Wildman–Crippen LogP) is 2.43. The molecular weight excluding hydrogens is 260 g/mol. The van der Waals surface area contributed by atoms with Crippen LogP contribution in [0.15, 0.2) is 24.3 Å². The fourth-order valence-electron chi connectivity index (χ4n) is 4.05. The van der Waals surface area contributed by atoms with E-state index in [4.69, 9.17) is 0 Å². The van der Waals surface area contributed by atoms with E-state index in [9.17, 15) is 4.79 Å². The largest absolute Gasteiger partial charge is 0.355 e. The fourth-order valence-corrected chi connectivity index (χ4v) is 4.05. The number of amides is 1. The van der Waals surface area contributed by atoms with E-state index in [2.05, 4.69) is 41.8 Å². The second-order valence-corrected chi connectivity index (χ2v) is 6.72. The lowest BCUT2D eigenvalue weighted by molar-refractivity contribution is -0.133. The van der Waals surface area contributed by atoms with Gasteiger partial charge in [-0.3, -0.25) is 4.79 Å². The molecule has 1 heterocycles. The highest BCUT2D eigenvalue weighted by molar-refractivity contribution is 5.83. The van der Waals surface area contributed by atoms with Crippen LogP contribution in [0.1, 0.15) is 36.8 Å². The lowest BCUT2D eigenvalue weighted by atomic mass is 9.67. The number of carbonyl (C=O) groups is 1. The molecule has 1 saturated carbocycles. The van der Waals surface area contributed by atoms with Crippen LogP contribution in [0, 0.1) is 18.3 Å². The average molecular weight is 286 g/mol. The van der Waals surface area contributed by atoms with Crippen molar-refractivity contribution < 1.29 is 4.79 Å². The van der Waals surface area contributed by atoms with Crippen LogP contribution in [-0.2, 0) is 11.2 Å². The van der Waals surface area contributed by atoms with Gasteiger partial charge in [-0.15, -0.1) is 0 Å². The SMILES string of the molecule is Cc1cccc(CCNC(=O)[C@@]23CCCC[C@H]2CNC3)c1. The monoisotopic (exact) mass is 286 g/mol. The topological polar surface area (TPSA) is 41.1 Å². The third-order valence-corrected chi connectivity index (χ3v) is 5.27. The van der Waals surface area contributed by atoms with Crippen LogP contribution in [0.3, 0.4) is 0 Å². The first kappa shape index (κ1) is 14.6. The number of hydrogen-bond donors (Lipinski definition) is 2. The van der Waals surface area contributed by atoms with Gasteiger partial charge in [0.15, 0.2) is 0 Å². The molecular formula is C18H26N2O. The first-order valence-corrected chi connectivity index (χ1v) is 8.25. The Kier molecular flexibility index (Phi) is 4.29. The summed E-state index contributed by atoms with van der Waals surface area (Å²) in [6.07, 6.45) is 5.66. The van der Waals surface area contributed by atoms with Crippen LogP contribution in [-0.4, -0.2) is 25.5 Å². The summed E-state index contributed by atoms with van der Waals surface area (Å²) < 4.78 is 0. The van der Waals surface area contributed by atoms with Crippen LogP contribution in [0.5, 0.6) is 0 Å². The summed E-state index contributed by atoms with van der Waals surface area (Å²) in [6.45, 7) is 4.74. The summed E-state index contributed by atoms with van der Waals surface area (Å²) in [6, 6.07) is 8.53. The molecule has 0 unspecified atom stereocenters. The van der Waals surface area contributed by atoms with Crippen molar-refractivity contribution in [1.29, 1.82) is 0 Å². The molecule has 3 heteroatoms. The molecule has 1 aromatic carbocycles. The highest BCUT2D eigenvalue weighted by Crippen LogP contribution is 2.43. The van der Waals surface area contributed by atoms with Crippen molar-refractivity contribution in [3.05, 3.63) is 35.4 Å². The molecule has 1 amide bonds. The smallest absolute Gasteiger partial charge is 0.227 e. The Balaban J connectivity index is 1.56. The molecule has 114 valence electrons. The molecule has 3 rings (SSSR count). The van der Waals surface area contributed by atoms with Crippen LogP contribution in [0.2, 0.25) is 0 Å². The number of hydrogen-bond acceptors (Lipinski definition) is 2. The Labute approximate surface area is 127 Å². The van der Waals surface area contributed by atoms with E-state index in [-0.39, 0.29) is 11.3 Å². The molecule has 0 radical (unpaired) electrons. The van der Waals surface area contributed by atoms with Crippen molar-refractivity contribution in [3.8, 4) is 0 Å². The Morgan fingerprint density at radius 1 is 1.43 bits per heavy atom. The van der Waals surface area contributed by atoms with Gasteiger partial charge in [0.05, 0.1) is 5.41 Å². The molecule has 2 atom stereocenters. The third-order valence-electron chi connectivity index (χ3n) is 5.27. The van der Waals surface area contributed by atoms with Gasteiger partial charge in [0.2, 0.25) is 5.91 Å². The lowest BCUT2D eigenvalue weighted by Crippen LogP contribution is -2.48. The lowest BCUT2D eigenvalue weighted by Gasteiger charge is -2.37. The van der Waals surface area contributed by atoms with Crippen LogP contribution < -0.4 is 10.6 Å². The molecule has 21 heavy (non-hydrogen) atoms. The van der Waals surface area contributed by atoms with Gasteiger partial charge >= 0.3 is 0 Å².